The average Bonchev–Trinajstić information content (AvgIpc) is 2.81. The van der Waals surface area contributed by atoms with Crippen LogP contribution < -0.4 is 11.0 Å². The standard InChI is InChI=1S/C16H19BrN4O2/c1-21-15(23)19-13(20-21)14(22)18-10-16(6-3-7-16)9-11-4-2-5-12(17)8-11/h2,4-5,8H,3,6-7,9-10H2,1H3,(H,18,22)(H,19,20,23). The van der Waals surface area contributed by atoms with Crippen LogP contribution in [0.25, 0.3) is 0 Å². The third-order valence-electron chi connectivity index (χ3n) is 4.49. The van der Waals surface area contributed by atoms with Crippen LogP contribution in [0.3, 0.4) is 0 Å². The quantitative estimate of drug-likeness (QED) is 0.834. The molecule has 0 saturated heterocycles. The summed E-state index contributed by atoms with van der Waals surface area (Å²) in [7, 11) is 1.51. The largest absolute Gasteiger partial charge is 0.349 e. The maximum atomic E-state index is 12.1. The van der Waals surface area contributed by atoms with E-state index in [-0.39, 0.29) is 22.8 Å². The second-order valence-electron chi connectivity index (χ2n) is 6.25. The summed E-state index contributed by atoms with van der Waals surface area (Å²) in [5.41, 5.74) is 0.980. The molecule has 23 heavy (non-hydrogen) atoms. The van der Waals surface area contributed by atoms with Crippen molar-refractivity contribution >= 4 is 21.8 Å². The second kappa shape index (κ2) is 6.31. The van der Waals surface area contributed by atoms with Gasteiger partial charge in [0.15, 0.2) is 0 Å². The van der Waals surface area contributed by atoms with E-state index in [1.165, 1.54) is 19.0 Å². The number of aromatic nitrogens is 3. The maximum Gasteiger partial charge on any atom is 0.343 e. The SMILES string of the molecule is Cn1nc(C(=O)NCC2(Cc3cccc(Br)c3)CCC2)[nH]c1=O. The summed E-state index contributed by atoms with van der Waals surface area (Å²) in [5.74, 6) is -0.266. The minimum Gasteiger partial charge on any atom is -0.349 e. The highest BCUT2D eigenvalue weighted by molar-refractivity contribution is 9.10. The zero-order valence-corrected chi connectivity index (χ0v) is 14.5. The number of hydrogen-bond donors (Lipinski definition) is 2. The first kappa shape index (κ1) is 16.0. The molecule has 1 aliphatic rings. The Morgan fingerprint density at radius 1 is 1.48 bits per heavy atom. The Morgan fingerprint density at radius 3 is 2.83 bits per heavy atom. The van der Waals surface area contributed by atoms with Crippen molar-refractivity contribution in [1.82, 2.24) is 20.1 Å². The molecular formula is C16H19BrN4O2. The van der Waals surface area contributed by atoms with E-state index in [1.807, 2.05) is 12.1 Å². The number of aryl methyl sites for hydroxylation is 1. The van der Waals surface area contributed by atoms with Crippen LogP contribution in [0.15, 0.2) is 33.5 Å². The number of hydrogen-bond acceptors (Lipinski definition) is 3. The van der Waals surface area contributed by atoms with E-state index in [0.29, 0.717) is 6.54 Å². The molecule has 0 radical (unpaired) electrons. The van der Waals surface area contributed by atoms with Gasteiger partial charge in [-0.2, -0.15) is 0 Å². The Bertz CT molecular complexity index is 776. The summed E-state index contributed by atoms with van der Waals surface area (Å²) in [4.78, 5) is 25.9. The Hall–Kier alpha value is -1.89. The molecule has 1 aliphatic carbocycles. The van der Waals surface area contributed by atoms with Crippen LogP contribution in [0.1, 0.15) is 35.4 Å². The van der Waals surface area contributed by atoms with Gasteiger partial charge in [0.2, 0.25) is 5.82 Å². The zero-order valence-electron chi connectivity index (χ0n) is 12.9. The highest BCUT2D eigenvalue weighted by Gasteiger charge is 2.37. The van der Waals surface area contributed by atoms with Gasteiger partial charge in [0.05, 0.1) is 0 Å². The number of rotatable bonds is 5. The van der Waals surface area contributed by atoms with Crippen molar-refractivity contribution in [1.29, 1.82) is 0 Å². The molecular weight excluding hydrogens is 360 g/mol. The van der Waals surface area contributed by atoms with Crippen LogP contribution in [-0.2, 0) is 13.5 Å². The lowest BCUT2D eigenvalue weighted by Gasteiger charge is -2.42. The van der Waals surface area contributed by atoms with Crippen LogP contribution in [0, 0.1) is 5.41 Å². The number of carbonyl (C=O) groups is 1. The highest BCUT2D eigenvalue weighted by Crippen LogP contribution is 2.43. The van der Waals surface area contributed by atoms with Crippen LogP contribution in [0.4, 0.5) is 0 Å². The molecule has 0 aliphatic heterocycles. The summed E-state index contributed by atoms with van der Waals surface area (Å²) >= 11 is 3.50. The predicted molar refractivity (Wildman–Crippen MR) is 90.3 cm³/mol. The fraction of sp³-hybridized carbons (Fsp3) is 0.438. The number of nitrogens with zero attached hydrogens (tertiary/aromatic N) is 2. The minimum atomic E-state index is -0.386. The van der Waals surface area contributed by atoms with E-state index < -0.39 is 0 Å². The summed E-state index contributed by atoms with van der Waals surface area (Å²) in [6.07, 6.45) is 4.31. The fourth-order valence-electron chi connectivity index (χ4n) is 3.03. The Labute approximate surface area is 142 Å². The number of carbonyl (C=O) groups excluding carboxylic acids is 1. The van der Waals surface area contributed by atoms with Crippen LogP contribution in [0.5, 0.6) is 0 Å². The van der Waals surface area contributed by atoms with Crippen molar-refractivity contribution < 1.29 is 4.79 Å². The molecule has 0 spiro atoms. The normalized spacial score (nSPS) is 15.9. The molecule has 2 aromatic rings. The Balaban J connectivity index is 1.65. The van der Waals surface area contributed by atoms with Gasteiger partial charge in [-0.25, -0.2) is 9.48 Å². The first-order valence-electron chi connectivity index (χ1n) is 7.63. The van der Waals surface area contributed by atoms with Crippen LogP contribution in [-0.4, -0.2) is 27.2 Å². The summed E-state index contributed by atoms with van der Waals surface area (Å²) in [6.45, 7) is 0.594. The lowest BCUT2D eigenvalue weighted by molar-refractivity contribution is 0.0850. The number of halogens is 1. The third kappa shape index (κ3) is 3.55. The molecule has 1 amide bonds. The second-order valence-corrected chi connectivity index (χ2v) is 7.16. The molecule has 1 aromatic heterocycles. The number of H-pyrrole nitrogens is 1. The molecule has 2 N–H and O–H groups in total. The van der Waals surface area contributed by atoms with E-state index in [9.17, 15) is 9.59 Å². The molecule has 3 rings (SSSR count). The van der Waals surface area contributed by atoms with Gasteiger partial charge in [0, 0.05) is 18.1 Å². The first-order valence-corrected chi connectivity index (χ1v) is 8.43. The minimum absolute atomic E-state index is 0.0643. The van der Waals surface area contributed by atoms with E-state index in [2.05, 4.69) is 43.5 Å². The molecule has 7 heteroatoms. The fourth-order valence-corrected chi connectivity index (χ4v) is 3.48. The molecule has 1 fully saturated rings. The predicted octanol–water partition coefficient (Wildman–Crippen LogP) is 2.01. The van der Waals surface area contributed by atoms with Gasteiger partial charge in [0.25, 0.3) is 5.91 Å². The van der Waals surface area contributed by atoms with Crippen molar-refractivity contribution in [3.8, 4) is 0 Å². The molecule has 1 saturated carbocycles. The molecule has 0 unspecified atom stereocenters. The number of benzene rings is 1. The lowest BCUT2D eigenvalue weighted by Crippen LogP contribution is -2.44. The summed E-state index contributed by atoms with van der Waals surface area (Å²) in [6, 6.07) is 8.28. The average molecular weight is 379 g/mol. The van der Waals surface area contributed by atoms with Crippen molar-refractivity contribution in [2.45, 2.75) is 25.7 Å². The first-order chi connectivity index (χ1) is 11.0. The topological polar surface area (TPSA) is 79.8 Å². The lowest BCUT2D eigenvalue weighted by atomic mass is 9.65. The monoisotopic (exact) mass is 378 g/mol. The van der Waals surface area contributed by atoms with E-state index >= 15 is 0 Å². The van der Waals surface area contributed by atoms with Gasteiger partial charge >= 0.3 is 5.69 Å². The summed E-state index contributed by atoms with van der Waals surface area (Å²) < 4.78 is 2.19. The molecule has 0 bridgehead atoms. The summed E-state index contributed by atoms with van der Waals surface area (Å²) in [5, 5.41) is 6.80. The number of nitrogens with one attached hydrogen (secondary N) is 2. The van der Waals surface area contributed by atoms with Crippen molar-refractivity contribution in [3.05, 3.63) is 50.6 Å². The molecule has 0 atom stereocenters. The molecule has 1 heterocycles. The number of amides is 1. The Kier molecular flexibility index (Phi) is 4.39. The van der Waals surface area contributed by atoms with Crippen molar-refractivity contribution in [3.63, 3.8) is 0 Å². The number of aromatic amines is 1. The van der Waals surface area contributed by atoms with Gasteiger partial charge in [0.1, 0.15) is 0 Å². The Morgan fingerprint density at radius 2 is 2.26 bits per heavy atom. The van der Waals surface area contributed by atoms with Gasteiger partial charge in [-0.05, 0) is 42.4 Å². The van der Waals surface area contributed by atoms with Gasteiger partial charge in [-0.15, -0.1) is 5.10 Å². The van der Waals surface area contributed by atoms with Gasteiger partial charge in [-0.1, -0.05) is 34.5 Å². The van der Waals surface area contributed by atoms with Gasteiger partial charge < -0.3 is 5.32 Å². The van der Waals surface area contributed by atoms with E-state index in [1.54, 1.807) is 0 Å². The van der Waals surface area contributed by atoms with E-state index in [4.69, 9.17) is 0 Å². The van der Waals surface area contributed by atoms with Crippen LogP contribution in [0.2, 0.25) is 0 Å². The molecule has 1 aromatic carbocycles. The molecule has 122 valence electrons. The smallest absolute Gasteiger partial charge is 0.343 e. The zero-order chi connectivity index (χ0) is 16.4. The molecule has 6 nitrogen and oxygen atoms in total. The third-order valence-corrected chi connectivity index (χ3v) is 4.98. The van der Waals surface area contributed by atoms with Crippen LogP contribution >= 0.6 is 15.9 Å². The van der Waals surface area contributed by atoms with Crippen molar-refractivity contribution in [2.24, 2.45) is 12.5 Å². The van der Waals surface area contributed by atoms with Crippen molar-refractivity contribution in [2.75, 3.05) is 6.54 Å². The van der Waals surface area contributed by atoms with Gasteiger partial charge in [-0.3, -0.25) is 9.78 Å². The highest BCUT2D eigenvalue weighted by atomic mass is 79.9. The maximum absolute atomic E-state index is 12.1. The van der Waals surface area contributed by atoms with E-state index in [0.717, 1.165) is 28.4 Å².